The van der Waals surface area contributed by atoms with E-state index < -0.39 is 24.1 Å². The zero-order valence-electron chi connectivity index (χ0n) is 24.5. The molecule has 2 aromatic rings. The highest BCUT2D eigenvalue weighted by atomic mass is 19.1. The largest absolute Gasteiger partial charge is 0.442 e. The van der Waals surface area contributed by atoms with Crippen molar-refractivity contribution >= 4 is 23.6 Å². The predicted octanol–water partition coefficient (Wildman–Crippen LogP) is 3.49. The van der Waals surface area contributed by atoms with Crippen molar-refractivity contribution in [2.24, 2.45) is 0 Å². The molecule has 2 aromatic carbocycles. The Morgan fingerprint density at radius 3 is 2.44 bits per heavy atom. The molecule has 3 rings (SSSR count). The van der Waals surface area contributed by atoms with Crippen molar-refractivity contribution in [3.8, 4) is 11.1 Å². The first-order valence-electron chi connectivity index (χ1n) is 13.3. The molecule has 0 aromatic heterocycles. The number of hydrogen-bond acceptors (Lipinski definition) is 7. The van der Waals surface area contributed by atoms with E-state index in [1.54, 1.807) is 36.4 Å². The molecule has 1 heterocycles. The average Bonchev–Trinajstić information content (AvgIpc) is 3.31. The van der Waals surface area contributed by atoms with Gasteiger partial charge in [0.05, 0.1) is 31.1 Å². The highest BCUT2D eigenvalue weighted by Gasteiger charge is 2.32. The second kappa shape index (κ2) is 15.8. The molecule has 0 bridgehead atoms. The second-order valence-corrected chi connectivity index (χ2v) is 10.2. The fourth-order valence-corrected chi connectivity index (χ4v) is 3.89. The summed E-state index contributed by atoms with van der Waals surface area (Å²) in [5, 5.41) is 15.6. The van der Waals surface area contributed by atoms with E-state index in [4.69, 9.17) is 14.6 Å². The number of allylic oxidation sites excluding steroid dienone is 1. The van der Waals surface area contributed by atoms with E-state index in [-0.39, 0.29) is 37.2 Å². The Kier molecular flexibility index (Phi) is 12.9. The maximum atomic E-state index is 15.0. The molecule has 41 heavy (non-hydrogen) atoms. The smallest absolute Gasteiger partial charge is 0.414 e. The molecule has 3 amide bonds. The standard InChI is InChI=1S/C29H37FN4O5.CH4O/c1-6-7-26(33-18-38-29(3,4)5)27(36)32-15-20-8-10-21(11-9-20)24-13-12-22(14-25(24)30)34-17-23(39-28(34)37)16-31-19(2)35;1-2/h6-14,23,26,33H,15-18H2,1-5H3,(H,31,35)(H,32,36);2H,1H3/b7-6-;. The Balaban J connectivity index is 0.00000287. The van der Waals surface area contributed by atoms with Crippen LogP contribution in [0.3, 0.4) is 0 Å². The molecule has 224 valence electrons. The van der Waals surface area contributed by atoms with E-state index in [9.17, 15) is 14.4 Å². The van der Waals surface area contributed by atoms with Crippen LogP contribution in [0, 0.1) is 5.82 Å². The minimum atomic E-state index is -0.586. The molecule has 1 aliphatic heterocycles. The highest BCUT2D eigenvalue weighted by Crippen LogP contribution is 2.29. The number of halogens is 1. The van der Waals surface area contributed by atoms with Crippen molar-refractivity contribution in [1.82, 2.24) is 16.0 Å². The average molecular weight is 573 g/mol. The summed E-state index contributed by atoms with van der Waals surface area (Å²) in [4.78, 5) is 37.3. The quantitative estimate of drug-likeness (QED) is 0.240. The van der Waals surface area contributed by atoms with Crippen molar-refractivity contribution < 1.29 is 33.4 Å². The molecular weight excluding hydrogens is 531 g/mol. The first-order chi connectivity index (χ1) is 19.5. The predicted molar refractivity (Wildman–Crippen MR) is 156 cm³/mol. The van der Waals surface area contributed by atoms with Gasteiger partial charge in [0.2, 0.25) is 11.8 Å². The molecule has 1 saturated heterocycles. The van der Waals surface area contributed by atoms with Gasteiger partial charge in [-0.25, -0.2) is 9.18 Å². The molecule has 0 radical (unpaired) electrons. The van der Waals surface area contributed by atoms with Crippen molar-refractivity contribution in [2.75, 3.05) is 31.8 Å². The lowest BCUT2D eigenvalue weighted by Gasteiger charge is -2.22. The Bertz CT molecular complexity index is 1200. The molecule has 10 nitrogen and oxygen atoms in total. The summed E-state index contributed by atoms with van der Waals surface area (Å²) in [7, 11) is 1.00. The number of amides is 3. The Morgan fingerprint density at radius 2 is 1.85 bits per heavy atom. The van der Waals surface area contributed by atoms with Crippen LogP contribution in [0.15, 0.2) is 54.6 Å². The normalized spacial score (nSPS) is 15.7. The highest BCUT2D eigenvalue weighted by molar-refractivity contribution is 5.90. The number of anilines is 1. The number of ether oxygens (including phenoxy) is 2. The third-order valence-electron chi connectivity index (χ3n) is 5.92. The van der Waals surface area contributed by atoms with Gasteiger partial charge in [0.1, 0.15) is 18.0 Å². The number of carbonyl (C=O) groups is 3. The Labute approximate surface area is 240 Å². The summed E-state index contributed by atoms with van der Waals surface area (Å²) in [5.41, 5.74) is 1.97. The molecule has 4 N–H and O–H groups in total. The number of carbonyl (C=O) groups excluding carboxylic acids is 3. The van der Waals surface area contributed by atoms with Gasteiger partial charge in [0.15, 0.2) is 0 Å². The fourth-order valence-electron chi connectivity index (χ4n) is 3.89. The monoisotopic (exact) mass is 572 g/mol. The number of nitrogens with one attached hydrogen (secondary N) is 3. The van der Waals surface area contributed by atoms with Gasteiger partial charge in [0, 0.05) is 26.1 Å². The van der Waals surface area contributed by atoms with E-state index in [2.05, 4.69) is 16.0 Å². The number of aliphatic hydroxyl groups is 1. The van der Waals surface area contributed by atoms with Gasteiger partial charge in [-0.2, -0.15) is 0 Å². The van der Waals surface area contributed by atoms with Crippen LogP contribution in [0.2, 0.25) is 0 Å². The van der Waals surface area contributed by atoms with Crippen molar-refractivity contribution in [3.05, 3.63) is 66.0 Å². The van der Waals surface area contributed by atoms with E-state index >= 15 is 4.39 Å². The number of aliphatic hydroxyl groups excluding tert-OH is 1. The summed E-state index contributed by atoms with van der Waals surface area (Å²) in [6, 6.07) is 11.3. The molecule has 1 fully saturated rings. The van der Waals surface area contributed by atoms with Gasteiger partial charge in [0.25, 0.3) is 0 Å². The van der Waals surface area contributed by atoms with E-state index in [1.807, 2.05) is 39.8 Å². The summed E-state index contributed by atoms with van der Waals surface area (Å²) in [6.45, 7) is 10.0. The Morgan fingerprint density at radius 1 is 1.17 bits per heavy atom. The van der Waals surface area contributed by atoms with Gasteiger partial charge in [-0.3, -0.25) is 19.8 Å². The third-order valence-corrected chi connectivity index (χ3v) is 5.92. The van der Waals surface area contributed by atoms with Crippen molar-refractivity contribution in [2.45, 2.75) is 58.9 Å². The van der Waals surface area contributed by atoms with Gasteiger partial charge in [-0.1, -0.05) is 36.4 Å². The third kappa shape index (κ3) is 10.6. The van der Waals surface area contributed by atoms with Gasteiger partial charge >= 0.3 is 6.09 Å². The summed E-state index contributed by atoms with van der Waals surface area (Å²) < 4.78 is 25.9. The summed E-state index contributed by atoms with van der Waals surface area (Å²) in [5.74, 6) is -0.884. The summed E-state index contributed by atoms with van der Waals surface area (Å²) in [6.07, 6.45) is 2.48. The maximum Gasteiger partial charge on any atom is 0.414 e. The SMILES string of the molecule is C/C=C\C(NCOC(C)(C)C)C(=O)NCc1ccc(-c2ccc(N3CC(CNC(C)=O)OC3=O)cc2F)cc1.CO. The lowest BCUT2D eigenvalue weighted by molar-refractivity contribution is -0.123. The lowest BCUT2D eigenvalue weighted by Crippen LogP contribution is -2.44. The molecule has 11 heteroatoms. The minimum Gasteiger partial charge on any atom is -0.442 e. The van der Waals surface area contributed by atoms with Crippen LogP contribution in [0.4, 0.5) is 14.9 Å². The number of cyclic esters (lactones) is 1. The minimum absolute atomic E-state index is 0.184. The van der Waals surface area contributed by atoms with Crippen molar-refractivity contribution in [1.29, 1.82) is 0 Å². The van der Waals surface area contributed by atoms with E-state index in [0.717, 1.165) is 12.7 Å². The van der Waals surface area contributed by atoms with Crippen LogP contribution in [0.25, 0.3) is 11.1 Å². The zero-order chi connectivity index (χ0) is 30.6. The van der Waals surface area contributed by atoms with E-state index in [0.29, 0.717) is 23.4 Å². The molecule has 0 aliphatic carbocycles. The second-order valence-electron chi connectivity index (χ2n) is 10.2. The maximum absolute atomic E-state index is 15.0. The molecule has 2 atom stereocenters. The van der Waals surface area contributed by atoms with Gasteiger partial charge in [-0.05, 0) is 57.0 Å². The van der Waals surface area contributed by atoms with Crippen LogP contribution in [0.1, 0.15) is 40.2 Å². The Hall–Kier alpha value is -3.80. The topological polar surface area (TPSA) is 129 Å². The first kappa shape index (κ1) is 33.4. The van der Waals surface area contributed by atoms with Gasteiger partial charge < -0.3 is 25.2 Å². The van der Waals surface area contributed by atoms with Crippen LogP contribution in [0.5, 0.6) is 0 Å². The number of nitrogens with zero attached hydrogens (tertiary/aromatic N) is 1. The first-order valence-corrected chi connectivity index (χ1v) is 13.3. The summed E-state index contributed by atoms with van der Waals surface area (Å²) >= 11 is 0. The van der Waals surface area contributed by atoms with Crippen LogP contribution in [-0.2, 0) is 25.6 Å². The number of hydrogen-bond donors (Lipinski definition) is 4. The van der Waals surface area contributed by atoms with Crippen LogP contribution in [-0.4, -0.2) is 67.7 Å². The molecular formula is C30H41FN4O6. The number of rotatable bonds is 11. The number of benzene rings is 2. The van der Waals surface area contributed by atoms with Gasteiger partial charge in [-0.15, -0.1) is 0 Å². The lowest BCUT2D eigenvalue weighted by atomic mass is 10.0. The molecule has 2 unspecified atom stereocenters. The van der Waals surface area contributed by atoms with Crippen molar-refractivity contribution in [3.63, 3.8) is 0 Å². The molecule has 0 saturated carbocycles. The fraction of sp³-hybridized carbons (Fsp3) is 0.433. The molecule has 1 aliphatic rings. The van der Waals surface area contributed by atoms with E-state index in [1.165, 1.54) is 17.9 Å². The molecule has 0 spiro atoms. The zero-order valence-corrected chi connectivity index (χ0v) is 24.5. The van der Waals surface area contributed by atoms with Crippen LogP contribution >= 0.6 is 0 Å². The van der Waals surface area contributed by atoms with Crippen LogP contribution < -0.4 is 20.9 Å².